The molecule has 0 atom stereocenters. The highest BCUT2D eigenvalue weighted by molar-refractivity contribution is 7.89. The first-order valence-electron chi connectivity index (χ1n) is 11.0. The minimum absolute atomic E-state index is 0.0676. The Morgan fingerprint density at radius 3 is 2.18 bits per heavy atom. The van der Waals surface area contributed by atoms with Gasteiger partial charge in [-0.15, -0.1) is 0 Å². The smallest absolute Gasteiger partial charge is 0.293 e. The van der Waals surface area contributed by atoms with Crippen LogP contribution in [0.15, 0.2) is 35.2 Å². The normalized spacial score (nSPS) is 14.8. The first-order valence-corrected chi connectivity index (χ1v) is 12.5. The number of ether oxygens (including phenoxy) is 3. The topological polar surface area (TPSA) is 111 Å². The van der Waals surface area contributed by atoms with Crippen molar-refractivity contribution in [1.82, 2.24) is 4.31 Å². The second-order valence-corrected chi connectivity index (χ2v) is 10.0. The van der Waals surface area contributed by atoms with E-state index in [0.29, 0.717) is 30.3 Å². The zero-order valence-electron chi connectivity index (χ0n) is 19.9. The number of hydrogen-bond acceptors (Lipinski definition) is 8. The molecule has 2 aromatic carbocycles. The fourth-order valence-electron chi connectivity index (χ4n) is 4.19. The average Bonchev–Trinajstić information content (AvgIpc) is 3.13. The summed E-state index contributed by atoms with van der Waals surface area (Å²) in [6.45, 7) is 1.11. The summed E-state index contributed by atoms with van der Waals surface area (Å²) in [7, 11) is 2.42. The minimum Gasteiger partial charge on any atom is -0.493 e. The lowest BCUT2D eigenvalue weighted by molar-refractivity contribution is -0.384. The number of sulfonamides is 1. The fourth-order valence-corrected chi connectivity index (χ4v) is 5.73. The molecular weight excluding hydrogens is 462 g/mol. The van der Waals surface area contributed by atoms with Crippen molar-refractivity contribution in [3.8, 4) is 17.2 Å². The number of hydrogen-bond donors (Lipinski definition) is 0. The van der Waals surface area contributed by atoms with Gasteiger partial charge in [0.25, 0.3) is 5.69 Å². The maximum atomic E-state index is 13.1. The molecule has 3 rings (SSSR count). The van der Waals surface area contributed by atoms with E-state index >= 15 is 0 Å². The molecular formula is C23H31N3O7S. The van der Waals surface area contributed by atoms with Crippen molar-refractivity contribution in [1.29, 1.82) is 0 Å². The highest BCUT2D eigenvalue weighted by Gasteiger charge is 2.29. The molecule has 0 aliphatic carbocycles. The van der Waals surface area contributed by atoms with Gasteiger partial charge in [-0.1, -0.05) is 12.8 Å². The maximum Gasteiger partial charge on any atom is 0.293 e. The summed E-state index contributed by atoms with van der Waals surface area (Å²) in [6.07, 6.45) is 3.54. The van der Waals surface area contributed by atoms with E-state index in [2.05, 4.69) is 0 Å². The second kappa shape index (κ2) is 10.9. The van der Waals surface area contributed by atoms with Crippen molar-refractivity contribution in [2.45, 2.75) is 37.1 Å². The molecule has 10 nitrogen and oxygen atoms in total. The van der Waals surface area contributed by atoms with Crippen LogP contribution >= 0.6 is 0 Å². The summed E-state index contributed by atoms with van der Waals surface area (Å²) in [4.78, 5) is 13.0. The maximum absolute atomic E-state index is 13.1. The molecule has 1 heterocycles. The summed E-state index contributed by atoms with van der Waals surface area (Å²) in [5.41, 5.74) is 0.729. The van der Waals surface area contributed by atoms with E-state index in [4.69, 9.17) is 14.2 Å². The van der Waals surface area contributed by atoms with Gasteiger partial charge in [0, 0.05) is 38.3 Å². The molecule has 0 N–H and O–H groups in total. The van der Waals surface area contributed by atoms with Crippen LogP contribution in [0, 0.1) is 10.1 Å². The predicted octanol–water partition coefficient (Wildman–Crippen LogP) is 3.82. The Bertz CT molecular complexity index is 1130. The average molecular weight is 494 g/mol. The second-order valence-electron chi connectivity index (χ2n) is 8.08. The van der Waals surface area contributed by atoms with E-state index in [9.17, 15) is 18.5 Å². The van der Waals surface area contributed by atoms with Gasteiger partial charge in [0.1, 0.15) is 5.69 Å². The first kappa shape index (κ1) is 25.6. The van der Waals surface area contributed by atoms with Crippen molar-refractivity contribution in [3.63, 3.8) is 0 Å². The molecule has 1 fully saturated rings. The highest BCUT2D eigenvalue weighted by Crippen LogP contribution is 2.41. The monoisotopic (exact) mass is 493 g/mol. The zero-order chi connectivity index (χ0) is 24.9. The van der Waals surface area contributed by atoms with Gasteiger partial charge in [0.05, 0.1) is 31.1 Å². The molecule has 0 radical (unpaired) electrons. The lowest BCUT2D eigenvalue weighted by Crippen LogP contribution is -2.32. The minimum atomic E-state index is -3.81. The van der Waals surface area contributed by atoms with Gasteiger partial charge >= 0.3 is 0 Å². The third-order valence-corrected chi connectivity index (χ3v) is 7.85. The van der Waals surface area contributed by atoms with E-state index in [0.717, 1.165) is 37.3 Å². The first-order chi connectivity index (χ1) is 16.2. The molecule has 0 unspecified atom stereocenters. The van der Waals surface area contributed by atoms with Gasteiger partial charge in [-0.05, 0) is 37.1 Å². The Morgan fingerprint density at radius 2 is 1.62 bits per heavy atom. The van der Waals surface area contributed by atoms with Crippen molar-refractivity contribution < 1.29 is 27.6 Å². The SMILES string of the molecule is COc1ccc(CN(C)c2ccc(S(=O)(=O)N3CCCCCC3)cc2[N+](=O)[O-])c(OC)c1OC. The summed E-state index contributed by atoms with van der Waals surface area (Å²) in [6, 6.07) is 7.59. The Kier molecular flexibility index (Phi) is 8.21. The van der Waals surface area contributed by atoms with Crippen LogP contribution in [0.5, 0.6) is 17.2 Å². The molecule has 11 heteroatoms. The third kappa shape index (κ3) is 5.20. The molecule has 0 spiro atoms. The number of rotatable bonds is 9. The van der Waals surface area contributed by atoms with E-state index in [1.165, 1.54) is 37.8 Å². The molecule has 1 aliphatic heterocycles. The lowest BCUT2D eigenvalue weighted by atomic mass is 10.1. The van der Waals surface area contributed by atoms with Gasteiger partial charge in [-0.3, -0.25) is 10.1 Å². The van der Waals surface area contributed by atoms with E-state index in [1.807, 2.05) is 0 Å². The molecule has 0 saturated carbocycles. The van der Waals surface area contributed by atoms with E-state index < -0.39 is 14.9 Å². The quantitative estimate of drug-likeness (QED) is 0.383. The predicted molar refractivity (Wildman–Crippen MR) is 129 cm³/mol. The standard InChI is InChI=1S/C23H31N3O7S/c1-24(16-17-9-12-21(31-2)23(33-4)22(17)32-3)19-11-10-18(15-20(19)26(27)28)34(29,30)25-13-7-5-6-8-14-25/h9-12,15H,5-8,13-14,16H2,1-4H3. The molecule has 0 bridgehead atoms. The Labute approximate surface area is 200 Å². The summed E-state index contributed by atoms with van der Waals surface area (Å²) >= 11 is 0. The van der Waals surface area contributed by atoms with Gasteiger partial charge in [-0.25, -0.2) is 8.42 Å². The van der Waals surface area contributed by atoms with Crippen LogP contribution in [0.3, 0.4) is 0 Å². The van der Waals surface area contributed by atoms with Gasteiger partial charge in [0.2, 0.25) is 15.8 Å². The van der Waals surface area contributed by atoms with Gasteiger partial charge in [-0.2, -0.15) is 4.31 Å². The molecule has 2 aromatic rings. The van der Waals surface area contributed by atoms with E-state index in [1.54, 1.807) is 24.1 Å². The summed E-state index contributed by atoms with van der Waals surface area (Å²) < 4.78 is 44.0. The van der Waals surface area contributed by atoms with Crippen molar-refractivity contribution in [3.05, 3.63) is 46.0 Å². The van der Waals surface area contributed by atoms with E-state index in [-0.39, 0.29) is 22.8 Å². The number of nitro benzene ring substituents is 1. The molecule has 1 aliphatic rings. The van der Waals surface area contributed by atoms with Crippen molar-refractivity contribution in [2.24, 2.45) is 0 Å². The van der Waals surface area contributed by atoms with Crippen LogP contribution in [0.4, 0.5) is 11.4 Å². The van der Waals surface area contributed by atoms with Crippen molar-refractivity contribution >= 4 is 21.4 Å². The van der Waals surface area contributed by atoms with Crippen LogP contribution in [-0.4, -0.2) is 59.1 Å². The Hall–Kier alpha value is -3.05. The summed E-state index contributed by atoms with van der Waals surface area (Å²) in [5, 5.41) is 11.9. The largest absolute Gasteiger partial charge is 0.493 e. The Morgan fingerprint density at radius 1 is 0.971 bits per heavy atom. The number of benzene rings is 2. The highest BCUT2D eigenvalue weighted by atomic mass is 32.2. The van der Waals surface area contributed by atoms with Crippen LogP contribution in [0.1, 0.15) is 31.2 Å². The molecule has 186 valence electrons. The van der Waals surface area contributed by atoms with Crippen LogP contribution in [0.25, 0.3) is 0 Å². The van der Waals surface area contributed by atoms with Crippen LogP contribution in [-0.2, 0) is 16.6 Å². The van der Waals surface area contributed by atoms with Crippen LogP contribution < -0.4 is 19.1 Å². The number of methoxy groups -OCH3 is 3. The zero-order valence-corrected chi connectivity index (χ0v) is 20.8. The molecule has 1 saturated heterocycles. The molecule has 0 amide bonds. The number of nitrogens with zero attached hydrogens (tertiary/aromatic N) is 3. The number of anilines is 1. The van der Waals surface area contributed by atoms with Gasteiger partial charge in [0.15, 0.2) is 11.5 Å². The summed E-state index contributed by atoms with van der Waals surface area (Å²) in [5.74, 6) is 1.38. The lowest BCUT2D eigenvalue weighted by Gasteiger charge is -2.23. The van der Waals surface area contributed by atoms with Gasteiger partial charge < -0.3 is 19.1 Å². The molecule has 0 aromatic heterocycles. The van der Waals surface area contributed by atoms with Crippen molar-refractivity contribution in [2.75, 3.05) is 46.4 Å². The molecule has 34 heavy (non-hydrogen) atoms. The van der Waals surface area contributed by atoms with Crippen LogP contribution in [0.2, 0.25) is 0 Å². The Balaban J connectivity index is 1.95. The number of nitro groups is 1. The third-order valence-electron chi connectivity index (χ3n) is 5.95. The fraction of sp³-hybridized carbons (Fsp3) is 0.478.